The van der Waals surface area contributed by atoms with Gasteiger partial charge in [0, 0.05) is 23.8 Å². The molecule has 0 saturated heterocycles. The predicted molar refractivity (Wildman–Crippen MR) is 77.0 cm³/mol. The monoisotopic (exact) mass is 290 g/mol. The number of thioether (sulfide) groups is 1. The molecule has 1 N–H and O–H groups in total. The second-order valence-electron chi connectivity index (χ2n) is 4.98. The van der Waals surface area contributed by atoms with E-state index in [2.05, 4.69) is 11.6 Å². The molecule has 0 radical (unpaired) electrons. The molecule has 5 heteroatoms. The number of fused-ring (bicyclic) bond motifs is 1. The van der Waals surface area contributed by atoms with E-state index in [-0.39, 0.29) is 5.82 Å². The summed E-state index contributed by atoms with van der Waals surface area (Å²) in [6.45, 7) is 4.39. The quantitative estimate of drug-likeness (QED) is 0.879. The number of nitrogens with zero attached hydrogens (tertiary/aromatic N) is 2. The van der Waals surface area contributed by atoms with E-state index in [4.69, 9.17) is 0 Å². The van der Waals surface area contributed by atoms with Gasteiger partial charge in [0.15, 0.2) is 0 Å². The van der Waals surface area contributed by atoms with Crippen LogP contribution in [0, 0.1) is 5.82 Å². The van der Waals surface area contributed by atoms with E-state index in [1.807, 2.05) is 10.8 Å². The third-order valence-corrected chi connectivity index (χ3v) is 5.09. The second-order valence-corrected chi connectivity index (χ2v) is 6.44. The average molecular weight is 290 g/mol. The predicted octanol–water partition coefficient (Wildman–Crippen LogP) is 3.18. The Morgan fingerprint density at radius 1 is 1.55 bits per heavy atom. The molecule has 1 aromatic heterocycles. The molecule has 0 saturated carbocycles. The van der Waals surface area contributed by atoms with Gasteiger partial charge in [0.1, 0.15) is 5.82 Å². The van der Waals surface area contributed by atoms with Crippen molar-refractivity contribution in [2.75, 3.05) is 0 Å². The van der Waals surface area contributed by atoms with Crippen LogP contribution in [-0.2, 0) is 6.54 Å². The molecule has 20 heavy (non-hydrogen) atoms. The van der Waals surface area contributed by atoms with E-state index >= 15 is 0 Å². The Labute approximate surface area is 121 Å². The minimum atomic E-state index is -0.724. The molecule has 0 unspecified atom stereocenters. The Morgan fingerprint density at radius 3 is 3.10 bits per heavy atom. The molecule has 0 aliphatic carbocycles. The number of benzene rings is 1. The van der Waals surface area contributed by atoms with Crippen LogP contribution in [-0.4, -0.2) is 19.4 Å². The SMILES string of the molecule is C=CC[C@]1(Cn2ccnc2)Sc2ccc(F)cc2[C@@H]1O. The van der Waals surface area contributed by atoms with Crippen molar-refractivity contribution in [1.82, 2.24) is 9.55 Å². The van der Waals surface area contributed by atoms with E-state index in [9.17, 15) is 9.50 Å². The fourth-order valence-electron chi connectivity index (χ4n) is 2.65. The van der Waals surface area contributed by atoms with Crippen LogP contribution < -0.4 is 0 Å². The Balaban J connectivity index is 1.98. The maximum atomic E-state index is 13.4. The van der Waals surface area contributed by atoms with Gasteiger partial charge in [-0.15, -0.1) is 18.3 Å². The maximum Gasteiger partial charge on any atom is 0.123 e. The molecule has 3 nitrogen and oxygen atoms in total. The molecule has 0 fully saturated rings. The van der Waals surface area contributed by atoms with Crippen molar-refractivity contribution in [2.45, 2.75) is 28.7 Å². The first-order chi connectivity index (χ1) is 9.64. The molecule has 1 aliphatic heterocycles. The molecular formula is C15H15FN2OS. The Morgan fingerprint density at radius 2 is 2.40 bits per heavy atom. The largest absolute Gasteiger partial charge is 0.387 e. The summed E-state index contributed by atoms with van der Waals surface area (Å²) >= 11 is 1.59. The zero-order chi connectivity index (χ0) is 14.2. The van der Waals surface area contributed by atoms with Crippen LogP contribution in [0.2, 0.25) is 0 Å². The summed E-state index contributed by atoms with van der Waals surface area (Å²) in [5.74, 6) is -0.319. The molecule has 1 aliphatic rings. The molecule has 0 bridgehead atoms. The van der Waals surface area contributed by atoms with Gasteiger partial charge in [0.2, 0.25) is 0 Å². The number of aliphatic hydroxyl groups is 1. The van der Waals surface area contributed by atoms with Crippen LogP contribution in [0.4, 0.5) is 4.39 Å². The van der Waals surface area contributed by atoms with Gasteiger partial charge in [0.05, 0.1) is 17.2 Å². The highest BCUT2D eigenvalue weighted by Crippen LogP contribution is 2.54. The number of halogens is 1. The molecule has 1 aromatic carbocycles. The third kappa shape index (κ3) is 2.17. The normalized spacial score (nSPS) is 24.6. The van der Waals surface area contributed by atoms with Crippen molar-refractivity contribution in [3.63, 3.8) is 0 Å². The summed E-state index contributed by atoms with van der Waals surface area (Å²) in [6.07, 6.45) is 7.01. The molecule has 3 rings (SSSR count). The number of aromatic nitrogens is 2. The van der Waals surface area contributed by atoms with Crippen molar-refractivity contribution < 1.29 is 9.50 Å². The van der Waals surface area contributed by atoms with Gasteiger partial charge in [-0.3, -0.25) is 0 Å². The number of imidazole rings is 1. The zero-order valence-electron chi connectivity index (χ0n) is 10.9. The van der Waals surface area contributed by atoms with Gasteiger partial charge in [-0.2, -0.15) is 0 Å². The number of allylic oxidation sites excluding steroid dienone is 1. The van der Waals surface area contributed by atoms with Crippen molar-refractivity contribution in [2.24, 2.45) is 0 Å². The topological polar surface area (TPSA) is 38.0 Å². The smallest absolute Gasteiger partial charge is 0.123 e. The van der Waals surface area contributed by atoms with E-state index < -0.39 is 10.9 Å². The van der Waals surface area contributed by atoms with Gasteiger partial charge >= 0.3 is 0 Å². The average Bonchev–Trinajstić information content (AvgIpc) is 3.00. The fourth-order valence-corrected chi connectivity index (χ4v) is 4.17. The molecular weight excluding hydrogens is 275 g/mol. The molecule has 0 amide bonds. The summed E-state index contributed by atoms with van der Waals surface area (Å²) in [5.41, 5.74) is 0.664. The van der Waals surface area contributed by atoms with Crippen LogP contribution in [0.1, 0.15) is 18.1 Å². The van der Waals surface area contributed by atoms with Crippen LogP contribution in [0.5, 0.6) is 0 Å². The van der Waals surface area contributed by atoms with Crippen LogP contribution in [0.3, 0.4) is 0 Å². The van der Waals surface area contributed by atoms with Crippen LogP contribution in [0.25, 0.3) is 0 Å². The molecule has 2 atom stereocenters. The van der Waals surface area contributed by atoms with E-state index in [1.54, 1.807) is 36.4 Å². The van der Waals surface area contributed by atoms with Gasteiger partial charge in [-0.05, 0) is 30.2 Å². The number of hydrogen-bond acceptors (Lipinski definition) is 3. The Hall–Kier alpha value is -1.59. The molecule has 2 heterocycles. The van der Waals surface area contributed by atoms with Crippen LogP contribution in [0.15, 0.2) is 54.5 Å². The van der Waals surface area contributed by atoms with Crippen molar-refractivity contribution in [3.05, 3.63) is 61.0 Å². The molecule has 0 spiro atoms. The maximum absolute atomic E-state index is 13.4. The zero-order valence-corrected chi connectivity index (χ0v) is 11.7. The third-order valence-electron chi connectivity index (χ3n) is 3.58. The Kier molecular flexibility index (Phi) is 3.40. The first-order valence-corrected chi connectivity index (χ1v) is 7.19. The number of aliphatic hydroxyl groups excluding tert-OH is 1. The van der Waals surface area contributed by atoms with E-state index in [1.165, 1.54) is 12.1 Å². The molecule has 104 valence electrons. The summed E-state index contributed by atoms with van der Waals surface area (Å²) in [5, 5.41) is 10.7. The highest BCUT2D eigenvalue weighted by molar-refractivity contribution is 8.01. The standard InChI is InChI=1S/C15H15FN2OS/c1-2-5-15(9-18-7-6-17-10-18)14(19)12-8-11(16)3-4-13(12)20-15/h2-4,6-8,10,14,19H,1,5,9H2/t14-,15+/m0/s1. The van der Waals surface area contributed by atoms with Crippen molar-refractivity contribution in [1.29, 1.82) is 0 Å². The minimum absolute atomic E-state index is 0.319. The lowest BCUT2D eigenvalue weighted by atomic mass is 9.92. The molecule has 2 aromatic rings. The van der Waals surface area contributed by atoms with E-state index in [0.717, 1.165) is 4.90 Å². The fraction of sp³-hybridized carbons (Fsp3) is 0.267. The lowest BCUT2D eigenvalue weighted by Gasteiger charge is -2.31. The summed E-state index contributed by atoms with van der Waals surface area (Å²) in [7, 11) is 0. The van der Waals surface area contributed by atoms with Gasteiger partial charge in [-0.25, -0.2) is 9.37 Å². The highest BCUT2D eigenvalue weighted by Gasteiger charge is 2.46. The van der Waals surface area contributed by atoms with Crippen LogP contribution >= 0.6 is 11.8 Å². The Bertz CT molecular complexity index is 629. The number of rotatable bonds is 4. The second kappa shape index (κ2) is 5.07. The number of hydrogen-bond donors (Lipinski definition) is 1. The van der Waals surface area contributed by atoms with E-state index in [0.29, 0.717) is 18.5 Å². The first-order valence-electron chi connectivity index (χ1n) is 6.38. The summed E-state index contributed by atoms with van der Waals surface area (Å²) in [4.78, 5) is 4.96. The lowest BCUT2D eigenvalue weighted by Crippen LogP contribution is -2.33. The van der Waals surface area contributed by atoms with Crippen molar-refractivity contribution in [3.8, 4) is 0 Å². The van der Waals surface area contributed by atoms with Crippen molar-refractivity contribution >= 4 is 11.8 Å². The first kappa shape index (κ1) is 13.4. The van der Waals surface area contributed by atoms with Gasteiger partial charge < -0.3 is 9.67 Å². The van der Waals surface area contributed by atoms with Gasteiger partial charge in [-0.1, -0.05) is 6.08 Å². The van der Waals surface area contributed by atoms with Gasteiger partial charge in [0.25, 0.3) is 0 Å². The minimum Gasteiger partial charge on any atom is -0.387 e. The lowest BCUT2D eigenvalue weighted by molar-refractivity contribution is 0.123. The highest BCUT2D eigenvalue weighted by atomic mass is 32.2. The summed E-state index contributed by atoms with van der Waals surface area (Å²) < 4.78 is 14.9. The summed E-state index contributed by atoms with van der Waals surface area (Å²) in [6, 6.07) is 4.59.